The minimum absolute atomic E-state index is 0.0142. The maximum absolute atomic E-state index is 12.0. The lowest BCUT2D eigenvalue weighted by Gasteiger charge is -2.25. The summed E-state index contributed by atoms with van der Waals surface area (Å²) in [4.78, 5) is 12.0. The van der Waals surface area contributed by atoms with Gasteiger partial charge in [0.15, 0.2) is 0 Å². The van der Waals surface area contributed by atoms with E-state index in [1.807, 2.05) is 18.2 Å². The molecule has 1 aliphatic heterocycles. The van der Waals surface area contributed by atoms with Crippen LogP contribution in [0, 0.1) is 0 Å². The molecule has 1 heterocycles. The van der Waals surface area contributed by atoms with Gasteiger partial charge in [0.2, 0.25) is 5.91 Å². The summed E-state index contributed by atoms with van der Waals surface area (Å²) in [5.74, 6) is 0.812. The van der Waals surface area contributed by atoms with Gasteiger partial charge in [0.25, 0.3) is 0 Å². The molecule has 110 valence electrons. The molecule has 0 bridgehead atoms. The Hall–Kier alpha value is -1.55. The fourth-order valence-electron chi connectivity index (χ4n) is 2.19. The van der Waals surface area contributed by atoms with E-state index in [0.29, 0.717) is 0 Å². The number of hydrogen-bond donors (Lipinski definition) is 2. The van der Waals surface area contributed by atoms with Crippen molar-refractivity contribution < 1.29 is 9.53 Å². The van der Waals surface area contributed by atoms with Gasteiger partial charge in [-0.1, -0.05) is 19.9 Å². The highest BCUT2D eigenvalue weighted by Gasteiger charge is 2.30. The standard InChI is InChI=1S/C16H24N2O2/c1-5-9-17-14-12-8-7-11(20-16(3,4)6-2)10-13(12)18-15(14)19/h7-8,10,14,17H,5-6,9H2,1-4H3,(H,18,19). The molecule has 1 aromatic carbocycles. The van der Waals surface area contributed by atoms with Crippen LogP contribution in [-0.2, 0) is 4.79 Å². The Morgan fingerprint density at radius 3 is 2.75 bits per heavy atom. The predicted molar refractivity (Wildman–Crippen MR) is 81.1 cm³/mol. The average molecular weight is 276 g/mol. The molecule has 0 spiro atoms. The smallest absolute Gasteiger partial charge is 0.246 e. The number of amides is 1. The molecule has 1 atom stereocenters. The molecule has 2 rings (SSSR count). The normalized spacial score (nSPS) is 17.8. The number of nitrogens with one attached hydrogen (secondary N) is 2. The molecule has 0 radical (unpaired) electrons. The molecular formula is C16H24N2O2. The first-order valence-electron chi connectivity index (χ1n) is 7.34. The van der Waals surface area contributed by atoms with E-state index in [1.54, 1.807) is 0 Å². The Labute approximate surface area is 120 Å². The van der Waals surface area contributed by atoms with Crippen molar-refractivity contribution in [1.82, 2.24) is 5.32 Å². The summed E-state index contributed by atoms with van der Waals surface area (Å²) in [7, 11) is 0. The SMILES string of the molecule is CCCNC1C(=O)Nc2cc(OC(C)(C)CC)ccc21. The monoisotopic (exact) mass is 276 g/mol. The molecule has 0 aromatic heterocycles. The van der Waals surface area contributed by atoms with Crippen molar-refractivity contribution in [2.75, 3.05) is 11.9 Å². The lowest BCUT2D eigenvalue weighted by Crippen LogP contribution is -2.28. The number of fused-ring (bicyclic) bond motifs is 1. The summed E-state index contributed by atoms with van der Waals surface area (Å²) in [5, 5.41) is 6.18. The zero-order chi connectivity index (χ0) is 14.8. The number of carbonyl (C=O) groups excluding carboxylic acids is 1. The number of anilines is 1. The Kier molecular flexibility index (Phi) is 4.33. The molecule has 1 aromatic rings. The van der Waals surface area contributed by atoms with Gasteiger partial charge >= 0.3 is 0 Å². The molecule has 0 aliphatic carbocycles. The minimum atomic E-state index is -0.238. The van der Waals surface area contributed by atoms with Crippen molar-refractivity contribution >= 4 is 11.6 Å². The van der Waals surface area contributed by atoms with Gasteiger partial charge in [-0.05, 0) is 39.3 Å². The highest BCUT2D eigenvalue weighted by Crippen LogP contribution is 2.35. The molecule has 4 heteroatoms. The Balaban J connectivity index is 2.18. The van der Waals surface area contributed by atoms with Crippen LogP contribution in [0.1, 0.15) is 52.1 Å². The summed E-state index contributed by atoms with van der Waals surface area (Å²) in [6.45, 7) is 9.14. The van der Waals surface area contributed by atoms with Crippen LogP contribution in [0.3, 0.4) is 0 Å². The lowest BCUT2D eigenvalue weighted by molar-refractivity contribution is -0.117. The predicted octanol–water partition coefficient (Wildman–Crippen LogP) is 3.25. The fraction of sp³-hybridized carbons (Fsp3) is 0.562. The first-order chi connectivity index (χ1) is 9.46. The second-order valence-electron chi connectivity index (χ2n) is 5.84. The van der Waals surface area contributed by atoms with Gasteiger partial charge in [0.05, 0.1) is 0 Å². The van der Waals surface area contributed by atoms with Crippen molar-refractivity contribution in [3.63, 3.8) is 0 Å². The Bertz CT molecular complexity index is 497. The quantitative estimate of drug-likeness (QED) is 0.838. The van der Waals surface area contributed by atoms with Gasteiger partial charge < -0.3 is 15.4 Å². The molecule has 1 unspecified atom stereocenters. The van der Waals surface area contributed by atoms with E-state index in [9.17, 15) is 4.79 Å². The van der Waals surface area contributed by atoms with Crippen LogP contribution in [0.2, 0.25) is 0 Å². The maximum atomic E-state index is 12.0. The average Bonchev–Trinajstić information content (AvgIpc) is 2.71. The van der Waals surface area contributed by atoms with E-state index in [4.69, 9.17) is 4.74 Å². The summed E-state index contributed by atoms with van der Waals surface area (Å²) in [6.07, 6.45) is 1.93. The molecule has 0 fully saturated rings. The molecule has 20 heavy (non-hydrogen) atoms. The van der Waals surface area contributed by atoms with Gasteiger partial charge in [-0.3, -0.25) is 4.79 Å². The van der Waals surface area contributed by atoms with Gasteiger partial charge in [-0.25, -0.2) is 0 Å². The van der Waals surface area contributed by atoms with E-state index in [0.717, 1.165) is 36.4 Å². The Morgan fingerprint density at radius 1 is 1.35 bits per heavy atom. The van der Waals surface area contributed by atoms with Crippen LogP contribution in [0.15, 0.2) is 18.2 Å². The fourth-order valence-corrected chi connectivity index (χ4v) is 2.19. The summed E-state index contributed by atoms with van der Waals surface area (Å²) < 4.78 is 5.96. The second-order valence-corrected chi connectivity index (χ2v) is 5.84. The van der Waals surface area contributed by atoms with Crippen LogP contribution >= 0.6 is 0 Å². The Morgan fingerprint density at radius 2 is 2.10 bits per heavy atom. The third kappa shape index (κ3) is 3.12. The number of rotatable bonds is 6. The number of carbonyl (C=O) groups is 1. The van der Waals surface area contributed by atoms with Crippen LogP contribution in [-0.4, -0.2) is 18.1 Å². The number of hydrogen-bond acceptors (Lipinski definition) is 3. The third-order valence-electron chi connectivity index (χ3n) is 3.70. The number of benzene rings is 1. The summed E-state index contributed by atoms with van der Waals surface area (Å²) in [5.41, 5.74) is 1.66. The van der Waals surface area contributed by atoms with E-state index >= 15 is 0 Å². The zero-order valence-corrected chi connectivity index (χ0v) is 12.7. The second kappa shape index (κ2) is 5.83. The topological polar surface area (TPSA) is 50.4 Å². The molecule has 0 saturated carbocycles. The molecule has 2 N–H and O–H groups in total. The van der Waals surface area contributed by atoms with E-state index < -0.39 is 0 Å². The maximum Gasteiger partial charge on any atom is 0.246 e. The first-order valence-corrected chi connectivity index (χ1v) is 7.34. The van der Waals surface area contributed by atoms with Crippen molar-refractivity contribution in [3.05, 3.63) is 23.8 Å². The van der Waals surface area contributed by atoms with Crippen molar-refractivity contribution in [2.45, 2.75) is 52.2 Å². The van der Waals surface area contributed by atoms with Crippen LogP contribution in [0.5, 0.6) is 5.75 Å². The molecule has 0 saturated heterocycles. The molecule has 1 amide bonds. The van der Waals surface area contributed by atoms with Crippen molar-refractivity contribution in [1.29, 1.82) is 0 Å². The minimum Gasteiger partial charge on any atom is -0.488 e. The molecule has 4 nitrogen and oxygen atoms in total. The van der Waals surface area contributed by atoms with E-state index in [1.165, 1.54) is 0 Å². The number of ether oxygens (including phenoxy) is 1. The highest BCUT2D eigenvalue weighted by molar-refractivity contribution is 6.02. The van der Waals surface area contributed by atoms with Crippen LogP contribution in [0.25, 0.3) is 0 Å². The third-order valence-corrected chi connectivity index (χ3v) is 3.70. The van der Waals surface area contributed by atoms with E-state index in [-0.39, 0.29) is 17.6 Å². The van der Waals surface area contributed by atoms with Gasteiger partial charge in [-0.15, -0.1) is 0 Å². The molecular weight excluding hydrogens is 252 g/mol. The largest absolute Gasteiger partial charge is 0.488 e. The summed E-state index contributed by atoms with van der Waals surface area (Å²) in [6, 6.07) is 5.59. The van der Waals surface area contributed by atoms with Gasteiger partial charge in [0.1, 0.15) is 17.4 Å². The van der Waals surface area contributed by atoms with E-state index in [2.05, 4.69) is 38.3 Å². The van der Waals surface area contributed by atoms with Crippen LogP contribution < -0.4 is 15.4 Å². The summed E-state index contributed by atoms with van der Waals surface area (Å²) >= 11 is 0. The van der Waals surface area contributed by atoms with Crippen molar-refractivity contribution in [2.24, 2.45) is 0 Å². The van der Waals surface area contributed by atoms with Crippen molar-refractivity contribution in [3.8, 4) is 5.75 Å². The van der Waals surface area contributed by atoms with Crippen LogP contribution in [0.4, 0.5) is 5.69 Å². The lowest BCUT2D eigenvalue weighted by atomic mass is 10.1. The van der Waals surface area contributed by atoms with Gasteiger partial charge in [-0.2, -0.15) is 0 Å². The zero-order valence-electron chi connectivity index (χ0n) is 12.7. The first kappa shape index (κ1) is 14.9. The van der Waals surface area contributed by atoms with Gasteiger partial charge in [0, 0.05) is 17.3 Å². The molecule has 1 aliphatic rings. The highest BCUT2D eigenvalue weighted by atomic mass is 16.5.